The maximum atomic E-state index is 14.0. The van der Waals surface area contributed by atoms with Crippen LogP contribution in [0.3, 0.4) is 0 Å². The standard InChI is InChI=1S/C35H35Cl2N3O4S/c36-30-17-12-27(13-18-30)25-40(33(41)21-16-26-14-19-31(20-15-26)45(43,44)39-22-6-7-23-39)34(28-8-2-1-3-9-28)35(42)38-24-29-10-4-5-11-32(29)37/h1-5,8-15,17-20,34H,6-7,16,21-25H2,(H,38,42)/t34-/m1/s1. The molecule has 0 radical (unpaired) electrons. The van der Waals surface area contributed by atoms with E-state index in [1.54, 1.807) is 47.4 Å². The molecule has 10 heteroatoms. The molecule has 1 fully saturated rings. The van der Waals surface area contributed by atoms with Crippen molar-refractivity contribution in [1.29, 1.82) is 0 Å². The highest BCUT2D eigenvalue weighted by Crippen LogP contribution is 2.27. The van der Waals surface area contributed by atoms with Gasteiger partial charge in [-0.1, -0.05) is 96.0 Å². The highest BCUT2D eigenvalue weighted by molar-refractivity contribution is 7.89. The van der Waals surface area contributed by atoms with Crippen LogP contribution >= 0.6 is 23.2 Å². The van der Waals surface area contributed by atoms with Crippen LogP contribution in [-0.2, 0) is 39.1 Å². The van der Waals surface area contributed by atoms with Crippen molar-refractivity contribution in [2.24, 2.45) is 0 Å². The van der Waals surface area contributed by atoms with E-state index in [4.69, 9.17) is 23.2 Å². The second-order valence-electron chi connectivity index (χ2n) is 11.0. The van der Waals surface area contributed by atoms with Gasteiger partial charge in [0.05, 0.1) is 4.90 Å². The molecule has 0 aliphatic carbocycles. The number of hydrogen-bond acceptors (Lipinski definition) is 4. The van der Waals surface area contributed by atoms with Crippen molar-refractivity contribution in [2.75, 3.05) is 13.1 Å². The lowest BCUT2D eigenvalue weighted by Crippen LogP contribution is -2.43. The first-order valence-electron chi connectivity index (χ1n) is 14.9. The van der Waals surface area contributed by atoms with Crippen LogP contribution in [0.4, 0.5) is 0 Å². The highest BCUT2D eigenvalue weighted by Gasteiger charge is 2.32. The van der Waals surface area contributed by atoms with Gasteiger partial charge in [-0.3, -0.25) is 9.59 Å². The molecule has 234 valence electrons. The molecule has 0 aromatic heterocycles. The Morgan fingerprint density at radius 2 is 1.42 bits per heavy atom. The molecule has 0 bridgehead atoms. The third-order valence-corrected chi connectivity index (χ3v) is 10.5. The first-order valence-corrected chi connectivity index (χ1v) is 17.1. The Morgan fingerprint density at radius 1 is 0.800 bits per heavy atom. The number of rotatable bonds is 12. The van der Waals surface area contributed by atoms with Gasteiger partial charge in [0.2, 0.25) is 21.8 Å². The van der Waals surface area contributed by atoms with Crippen LogP contribution in [0, 0.1) is 0 Å². The molecule has 1 aliphatic rings. The summed E-state index contributed by atoms with van der Waals surface area (Å²) in [5.41, 5.74) is 3.09. The molecule has 1 heterocycles. The Balaban J connectivity index is 1.38. The van der Waals surface area contributed by atoms with E-state index in [0.29, 0.717) is 35.1 Å². The van der Waals surface area contributed by atoms with Crippen molar-refractivity contribution in [3.8, 4) is 0 Å². The first kappa shape index (κ1) is 32.7. The zero-order chi connectivity index (χ0) is 31.8. The Hall–Kier alpha value is -3.69. The minimum Gasteiger partial charge on any atom is -0.350 e. The Bertz CT molecular complexity index is 1710. The number of halogens is 2. The van der Waals surface area contributed by atoms with Gasteiger partial charge in [0.1, 0.15) is 6.04 Å². The summed E-state index contributed by atoms with van der Waals surface area (Å²) in [4.78, 5) is 29.8. The van der Waals surface area contributed by atoms with E-state index in [0.717, 1.165) is 29.5 Å². The van der Waals surface area contributed by atoms with Crippen molar-refractivity contribution >= 4 is 45.0 Å². The van der Waals surface area contributed by atoms with Gasteiger partial charge in [-0.15, -0.1) is 0 Å². The molecule has 0 unspecified atom stereocenters. The predicted octanol–water partition coefficient (Wildman–Crippen LogP) is 6.80. The number of carbonyl (C=O) groups excluding carboxylic acids is 2. The number of nitrogens with one attached hydrogen (secondary N) is 1. The lowest BCUT2D eigenvalue weighted by molar-refractivity contribution is -0.141. The summed E-state index contributed by atoms with van der Waals surface area (Å²) in [5.74, 6) is -0.555. The molecule has 45 heavy (non-hydrogen) atoms. The number of nitrogens with zero attached hydrogens (tertiary/aromatic N) is 2. The predicted molar refractivity (Wildman–Crippen MR) is 177 cm³/mol. The fourth-order valence-electron chi connectivity index (χ4n) is 5.44. The van der Waals surface area contributed by atoms with E-state index in [-0.39, 0.29) is 36.2 Å². The van der Waals surface area contributed by atoms with E-state index in [1.807, 2.05) is 60.7 Å². The fourth-order valence-corrected chi connectivity index (χ4v) is 7.29. The summed E-state index contributed by atoms with van der Waals surface area (Å²) < 4.78 is 27.4. The summed E-state index contributed by atoms with van der Waals surface area (Å²) in [7, 11) is -3.52. The molecule has 4 aromatic rings. The van der Waals surface area contributed by atoms with Crippen molar-refractivity contribution in [3.05, 3.63) is 135 Å². The fraction of sp³-hybridized carbons (Fsp3) is 0.257. The molecule has 1 atom stereocenters. The third-order valence-electron chi connectivity index (χ3n) is 7.93. The molecule has 0 spiro atoms. The summed E-state index contributed by atoms with van der Waals surface area (Å²) in [6.45, 7) is 1.47. The van der Waals surface area contributed by atoms with Crippen molar-refractivity contribution in [3.63, 3.8) is 0 Å². The van der Waals surface area contributed by atoms with Crippen LogP contribution in [0.2, 0.25) is 10.0 Å². The lowest BCUT2D eigenvalue weighted by atomic mass is 10.0. The lowest BCUT2D eigenvalue weighted by Gasteiger charge is -2.32. The first-order chi connectivity index (χ1) is 21.7. The zero-order valence-corrected chi connectivity index (χ0v) is 27.1. The van der Waals surface area contributed by atoms with E-state index in [1.165, 1.54) is 4.31 Å². The Kier molecular flexibility index (Phi) is 10.9. The quantitative estimate of drug-likeness (QED) is 0.181. The average Bonchev–Trinajstić information content (AvgIpc) is 3.61. The third kappa shape index (κ3) is 8.32. The van der Waals surface area contributed by atoms with Crippen molar-refractivity contribution < 1.29 is 18.0 Å². The molecule has 5 rings (SSSR count). The summed E-state index contributed by atoms with van der Waals surface area (Å²) in [5, 5.41) is 4.10. The van der Waals surface area contributed by atoms with Crippen LogP contribution in [0.15, 0.2) is 108 Å². The number of aryl methyl sites for hydroxylation is 1. The van der Waals surface area contributed by atoms with Crippen molar-refractivity contribution in [1.82, 2.24) is 14.5 Å². The average molecular weight is 665 g/mol. The molecular formula is C35H35Cl2N3O4S. The number of carbonyl (C=O) groups is 2. The summed E-state index contributed by atoms with van der Waals surface area (Å²) >= 11 is 12.5. The van der Waals surface area contributed by atoms with Gasteiger partial charge in [0.15, 0.2) is 0 Å². The van der Waals surface area contributed by atoms with Gasteiger partial charge >= 0.3 is 0 Å². The van der Waals surface area contributed by atoms with Crippen LogP contribution in [0.25, 0.3) is 0 Å². The van der Waals surface area contributed by atoms with Crippen molar-refractivity contribution in [2.45, 2.75) is 49.7 Å². The molecule has 7 nitrogen and oxygen atoms in total. The number of sulfonamides is 1. The SMILES string of the molecule is O=C(NCc1ccccc1Cl)[C@@H](c1ccccc1)N(Cc1ccc(Cl)cc1)C(=O)CCc1ccc(S(=O)(=O)N2CCCC2)cc1. The summed E-state index contributed by atoms with van der Waals surface area (Å²) in [6, 6.07) is 29.5. The molecule has 4 aromatic carbocycles. The topological polar surface area (TPSA) is 86.8 Å². The van der Waals surface area contributed by atoms with Gasteiger partial charge in [-0.05, 0) is 71.8 Å². The van der Waals surface area contributed by atoms with Gasteiger partial charge in [-0.2, -0.15) is 4.31 Å². The minimum absolute atomic E-state index is 0.118. The van der Waals surface area contributed by atoms with Gasteiger partial charge in [0.25, 0.3) is 0 Å². The van der Waals surface area contributed by atoms with Crippen LogP contribution in [0.5, 0.6) is 0 Å². The molecule has 2 amide bonds. The number of hydrogen-bond donors (Lipinski definition) is 1. The van der Waals surface area contributed by atoms with Crippen LogP contribution in [0.1, 0.15) is 47.6 Å². The maximum absolute atomic E-state index is 14.0. The second kappa shape index (κ2) is 15.1. The largest absolute Gasteiger partial charge is 0.350 e. The van der Waals surface area contributed by atoms with Gasteiger partial charge in [-0.25, -0.2) is 8.42 Å². The van der Waals surface area contributed by atoms with E-state index in [9.17, 15) is 18.0 Å². The van der Waals surface area contributed by atoms with E-state index in [2.05, 4.69) is 5.32 Å². The minimum atomic E-state index is -3.52. The van der Waals surface area contributed by atoms with Gasteiger partial charge in [0, 0.05) is 42.6 Å². The molecule has 1 saturated heterocycles. The molecule has 0 saturated carbocycles. The summed E-state index contributed by atoms with van der Waals surface area (Å²) in [6.07, 6.45) is 2.23. The Labute approximate surface area is 274 Å². The van der Waals surface area contributed by atoms with E-state index < -0.39 is 16.1 Å². The molecule has 1 aliphatic heterocycles. The smallest absolute Gasteiger partial charge is 0.247 e. The Morgan fingerprint density at radius 3 is 2.09 bits per heavy atom. The second-order valence-corrected chi connectivity index (χ2v) is 13.8. The number of benzene rings is 4. The highest BCUT2D eigenvalue weighted by atomic mass is 35.5. The zero-order valence-electron chi connectivity index (χ0n) is 24.7. The van der Waals surface area contributed by atoms with Crippen LogP contribution in [-0.4, -0.2) is 42.5 Å². The molecule has 1 N–H and O–H groups in total. The number of amides is 2. The normalized spacial score (nSPS) is 14.2. The van der Waals surface area contributed by atoms with Gasteiger partial charge < -0.3 is 10.2 Å². The monoisotopic (exact) mass is 663 g/mol. The van der Waals surface area contributed by atoms with E-state index >= 15 is 0 Å². The van der Waals surface area contributed by atoms with Crippen LogP contribution < -0.4 is 5.32 Å². The maximum Gasteiger partial charge on any atom is 0.247 e. The molecular weight excluding hydrogens is 629 g/mol.